The fraction of sp³-hybridized carbons (Fsp3) is 0.538. The van der Waals surface area contributed by atoms with Crippen molar-refractivity contribution in [3.05, 3.63) is 24.3 Å². The van der Waals surface area contributed by atoms with Gasteiger partial charge in [0.1, 0.15) is 10.6 Å². The van der Waals surface area contributed by atoms with Crippen LogP contribution >= 0.6 is 0 Å². The Morgan fingerprint density at radius 3 is 2.68 bits per heavy atom. The fourth-order valence-corrected chi connectivity index (χ4v) is 2.91. The molecule has 0 aromatic heterocycles. The molecule has 0 aliphatic heterocycles. The van der Waals surface area contributed by atoms with Gasteiger partial charge in [-0.15, -0.1) is 0 Å². The number of ether oxygens (including phenoxy) is 1. The molecule has 0 heterocycles. The first kappa shape index (κ1) is 15.9. The Bertz CT molecular complexity index is 487. The van der Waals surface area contributed by atoms with Crippen molar-refractivity contribution in [3.63, 3.8) is 0 Å². The van der Waals surface area contributed by atoms with Crippen LogP contribution in [0.3, 0.4) is 0 Å². The number of rotatable bonds is 8. The normalized spacial score (nSPS) is 13.2. The van der Waals surface area contributed by atoms with Gasteiger partial charge in [-0.05, 0) is 30.9 Å². The van der Waals surface area contributed by atoms with Gasteiger partial charge in [0, 0.05) is 13.2 Å². The van der Waals surface area contributed by atoms with E-state index in [4.69, 9.17) is 9.84 Å². The van der Waals surface area contributed by atoms with Gasteiger partial charge in [-0.2, -0.15) is 0 Å². The Morgan fingerprint density at radius 1 is 1.37 bits per heavy atom. The SMILES string of the molecule is COc1ccccc1S(=O)(=O)NCCCC(C)CO. The lowest BCUT2D eigenvalue weighted by molar-refractivity contribution is 0.228. The van der Waals surface area contributed by atoms with Crippen LogP contribution in [0.5, 0.6) is 5.75 Å². The molecule has 0 aliphatic carbocycles. The van der Waals surface area contributed by atoms with Gasteiger partial charge < -0.3 is 9.84 Å². The minimum absolute atomic E-state index is 0.124. The molecule has 0 fully saturated rings. The van der Waals surface area contributed by atoms with E-state index in [0.717, 1.165) is 6.42 Å². The molecule has 0 saturated heterocycles. The summed E-state index contributed by atoms with van der Waals surface area (Å²) in [4.78, 5) is 0.146. The monoisotopic (exact) mass is 287 g/mol. The third-order valence-electron chi connectivity index (χ3n) is 2.84. The summed E-state index contributed by atoms with van der Waals surface area (Å²) in [6.45, 7) is 2.40. The number of nitrogens with one attached hydrogen (secondary N) is 1. The fourth-order valence-electron chi connectivity index (χ4n) is 1.67. The Labute approximate surface area is 114 Å². The van der Waals surface area contributed by atoms with E-state index in [0.29, 0.717) is 18.7 Å². The molecular formula is C13H21NO4S. The van der Waals surface area contributed by atoms with Crippen LogP contribution in [0.15, 0.2) is 29.2 Å². The van der Waals surface area contributed by atoms with Crippen LogP contribution in [-0.2, 0) is 10.0 Å². The third-order valence-corrected chi connectivity index (χ3v) is 4.34. The second-order valence-corrected chi connectivity index (χ2v) is 6.21. The van der Waals surface area contributed by atoms with E-state index in [1.165, 1.54) is 13.2 Å². The predicted molar refractivity (Wildman–Crippen MR) is 73.7 cm³/mol. The molecule has 0 radical (unpaired) electrons. The lowest BCUT2D eigenvalue weighted by Crippen LogP contribution is -2.25. The van der Waals surface area contributed by atoms with Crippen molar-refractivity contribution < 1.29 is 18.3 Å². The molecule has 1 aromatic rings. The van der Waals surface area contributed by atoms with Crippen LogP contribution in [0.4, 0.5) is 0 Å². The van der Waals surface area contributed by atoms with E-state index < -0.39 is 10.0 Å². The van der Waals surface area contributed by atoms with Crippen molar-refractivity contribution in [1.29, 1.82) is 0 Å². The molecule has 1 unspecified atom stereocenters. The van der Waals surface area contributed by atoms with E-state index in [9.17, 15) is 8.42 Å². The molecule has 6 heteroatoms. The van der Waals surface area contributed by atoms with Crippen LogP contribution in [0.2, 0.25) is 0 Å². The highest BCUT2D eigenvalue weighted by Crippen LogP contribution is 2.22. The molecular weight excluding hydrogens is 266 g/mol. The van der Waals surface area contributed by atoms with Crippen molar-refractivity contribution in [2.45, 2.75) is 24.7 Å². The van der Waals surface area contributed by atoms with Gasteiger partial charge in [-0.3, -0.25) is 0 Å². The summed E-state index contributed by atoms with van der Waals surface area (Å²) in [6, 6.07) is 6.51. The Morgan fingerprint density at radius 2 is 2.05 bits per heavy atom. The molecule has 0 amide bonds. The highest BCUT2D eigenvalue weighted by atomic mass is 32.2. The molecule has 2 N–H and O–H groups in total. The quantitative estimate of drug-likeness (QED) is 0.708. The van der Waals surface area contributed by atoms with E-state index in [1.807, 2.05) is 6.92 Å². The van der Waals surface area contributed by atoms with Crippen LogP contribution in [0, 0.1) is 5.92 Å². The van der Waals surface area contributed by atoms with Crippen LogP contribution in [0.1, 0.15) is 19.8 Å². The first-order valence-electron chi connectivity index (χ1n) is 6.24. The molecule has 0 bridgehead atoms. The smallest absolute Gasteiger partial charge is 0.244 e. The topological polar surface area (TPSA) is 75.6 Å². The molecule has 0 aliphatic rings. The number of hydrogen-bond donors (Lipinski definition) is 2. The molecule has 1 aromatic carbocycles. The highest BCUT2D eigenvalue weighted by molar-refractivity contribution is 7.89. The number of para-hydroxylation sites is 1. The first-order chi connectivity index (χ1) is 9.01. The highest BCUT2D eigenvalue weighted by Gasteiger charge is 2.18. The van der Waals surface area contributed by atoms with Crippen molar-refractivity contribution >= 4 is 10.0 Å². The minimum Gasteiger partial charge on any atom is -0.495 e. The molecule has 19 heavy (non-hydrogen) atoms. The van der Waals surface area contributed by atoms with E-state index in [1.54, 1.807) is 18.2 Å². The molecule has 5 nitrogen and oxygen atoms in total. The van der Waals surface area contributed by atoms with Crippen LogP contribution in [-0.4, -0.2) is 33.8 Å². The Hall–Kier alpha value is -1.11. The number of methoxy groups -OCH3 is 1. The van der Waals surface area contributed by atoms with Gasteiger partial charge in [-0.25, -0.2) is 13.1 Å². The zero-order chi connectivity index (χ0) is 14.3. The summed E-state index contributed by atoms with van der Waals surface area (Å²) in [5.41, 5.74) is 0. The van der Waals surface area contributed by atoms with Crippen LogP contribution in [0.25, 0.3) is 0 Å². The maximum Gasteiger partial charge on any atom is 0.244 e. The van der Waals surface area contributed by atoms with E-state index in [2.05, 4.69) is 4.72 Å². The summed E-state index contributed by atoms with van der Waals surface area (Å²) in [5.74, 6) is 0.523. The molecule has 1 atom stereocenters. The van der Waals surface area contributed by atoms with E-state index in [-0.39, 0.29) is 17.4 Å². The number of benzene rings is 1. The van der Waals surface area contributed by atoms with Gasteiger partial charge >= 0.3 is 0 Å². The second kappa shape index (κ2) is 7.47. The molecule has 0 saturated carbocycles. The summed E-state index contributed by atoms with van der Waals surface area (Å²) in [6.07, 6.45) is 1.47. The Balaban J connectivity index is 2.61. The van der Waals surface area contributed by atoms with Crippen molar-refractivity contribution in [2.75, 3.05) is 20.3 Å². The van der Waals surface area contributed by atoms with Crippen molar-refractivity contribution in [1.82, 2.24) is 4.72 Å². The van der Waals surface area contributed by atoms with Gasteiger partial charge in [-0.1, -0.05) is 19.1 Å². The third kappa shape index (κ3) is 4.81. The van der Waals surface area contributed by atoms with Gasteiger partial charge in [0.25, 0.3) is 0 Å². The lowest BCUT2D eigenvalue weighted by Gasteiger charge is -2.11. The van der Waals surface area contributed by atoms with E-state index >= 15 is 0 Å². The second-order valence-electron chi connectivity index (χ2n) is 4.48. The van der Waals surface area contributed by atoms with Gasteiger partial charge in [0.2, 0.25) is 10.0 Å². The maximum absolute atomic E-state index is 12.1. The Kier molecular flexibility index (Phi) is 6.27. The zero-order valence-electron chi connectivity index (χ0n) is 11.3. The summed E-state index contributed by atoms with van der Waals surface area (Å²) in [7, 11) is -2.10. The average molecular weight is 287 g/mol. The first-order valence-corrected chi connectivity index (χ1v) is 7.73. The predicted octanol–water partition coefficient (Wildman–Crippen LogP) is 1.38. The van der Waals surface area contributed by atoms with Crippen LogP contribution < -0.4 is 9.46 Å². The number of aliphatic hydroxyl groups is 1. The van der Waals surface area contributed by atoms with Crippen molar-refractivity contribution in [3.8, 4) is 5.75 Å². The lowest BCUT2D eigenvalue weighted by atomic mass is 10.1. The molecule has 0 spiro atoms. The number of sulfonamides is 1. The number of hydrogen-bond acceptors (Lipinski definition) is 4. The van der Waals surface area contributed by atoms with Gasteiger partial charge in [0.15, 0.2) is 0 Å². The largest absolute Gasteiger partial charge is 0.495 e. The number of aliphatic hydroxyl groups excluding tert-OH is 1. The summed E-state index contributed by atoms with van der Waals surface area (Å²) >= 11 is 0. The zero-order valence-corrected chi connectivity index (χ0v) is 12.1. The average Bonchev–Trinajstić information content (AvgIpc) is 2.43. The maximum atomic E-state index is 12.1. The summed E-state index contributed by atoms with van der Waals surface area (Å²) in [5, 5.41) is 8.89. The van der Waals surface area contributed by atoms with Gasteiger partial charge in [0.05, 0.1) is 7.11 Å². The molecule has 108 valence electrons. The standard InChI is InChI=1S/C13H21NO4S/c1-11(10-15)6-5-9-14-19(16,17)13-8-4-3-7-12(13)18-2/h3-4,7-8,11,14-15H,5-6,9-10H2,1-2H3. The molecule has 1 rings (SSSR count). The minimum atomic E-state index is -3.55. The summed E-state index contributed by atoms with van der Waals surface area (Å²) < 4.78 is 31.8. The van der Waals surface area contributed by atoms with Crippen molar-refractivity contribution in [2.24, 2.45) is 5.92 Å².